The van der Waals surface area contributed by atoms with Crippen LogP contribution < -0.4 is 5.32 Å². The number of hydrogen-bond acceptors (Lipinski definition) is 3. The normalized spacial score (nSPS) is 29.3. The van der Waals surface area contributed by atoms with E-state index in [1.807, 2.05) is 18.7 Å². The molecule has 1 N–H and O–H groups in total. The van der Waals surface area contributed by atoms with Gasteiger partial charge in [-0.25, -0.2) is 0 Å². The zero-order valence-electron chi connectivity index (χ0n) is 12.7. The zero-order chi connectivity index (χ0) is 14.4. The van der Waals surface area contributed by atoms with Gasteiger partial charge < -0.3 is 10.2 Å². The van der Waals surface area contributed by atoms with E-state index in [0.717, 1.165) is 13.0 Å². The Hall–Kier alpha value is -1.08. The molecular weight excluding hydrogens is 238 g/mol. The smallest absolute Gasteiger partial charge is 0.222 e. The first-order chi connectivity index (χ1) is 8.72. The second-order valence-electron chi connectivity index (χ2n) is 7.08. The standard InChI is InChI=1S/C15H25N3O/c1-10-12(17-10)13(18-8-6-7-11(18)19)15(4,5)14(2,3)9-16/h10,12-13,17H,6-8H2,1-5H3. The largest absolute Gasteiger partial charge is 0.337 e. The van der Waals surface area contributed by atoms with Crippen LogP contribution in [0.25, 0.3) is 0 Å². The molecule has 4 heteroatoms. The number of carbonyl (C=O) groups is 1. The van der Waals surface area contributed by atoms with Gasteiger partial charge in [0.25, 0.3) is 0 Å². The average molecular weight is 263 g/mol. The lowest BCUT2D eigenvalue weighted by Gasteiger charge is -2.46. The third-order valence-corrected chi connectivity index (χ3v) is 5.30. The molecule has 0 aromatic rings. The quantitative estimate of drug-likeness (QED) is 0.788. The van der Waals surface area contributed by atoms with E-state index in [1.54, 1.807) is 0 Å². The van der Waals surface area contributed by atoms with Gasteiger partial charge in [0, 0.05) is 30.5 Å². The lowest BCUT2D eigenvalue weighted by molar-refractivity contribution is -0.133. The highest BCUT2D eigenvalue weighted by Gasteiger charge is 2.55. The molecule has 0 saturated carbocycles. The molecule has 2 saturated heterocycles. The molecule has 106 valence electrons. The molecule has 0 aromatic heterocycles. The Morgan fingerprint density at radius 1 is 1.42 bits per heavy atom. The van der Waals surface area contributed by atoms with Crippen molar-refractivity contribution in [3.8, 4) is 6.07 Å². The molecule has 2 aliphatic heterocycles. The summed E-state index contributed by atoms with van der Waals surface area (Å²) >= 11 is 0. The third-order valence-electron chi connectivity index (χ3n) is 5.30. The maximum Gasteiger partial charge on any atom is 0.222 e. The summed E-state index contributed by atoms with van der Waals surface area (Å²) in [6, 6.07) is 3.30. The van der Waals surface area contributed by atoms with Crippen molar-refractivity contribution in [2.75, 3.05) is 6.54 Å². The fourth-order valence-electron chi connectivity index (χ4n) is 3.12. The van der Waals surface area contributed by atoms with Crippen molar-refractivity contribution in [1.29, 1.82) is 5.26 Å². The van der Waals surface area contributed by atoms with Crippen molar-refractivity contribution in [3.05, 3.63) is 0 Å². The molecule has 3 atom stereocenters. The summed E-state index contributed by atoms with van der Waals surface area (Å²) in [6.07, 6.45) is 1.60. The fourth-order valence-corrected chi connectivity index (χ4v) is 3.12. The third kappa shape index (κ3) is 2.25. The molecule has 19 heavy (non-hydrogen) atoms. The van der Waals surface area contributed by atoms with Crippen LogP contribution in [0.15, 0.2) is 0 Å². The molecule has 2 heterocycles. The van der Waals surface area contributed by atoms with Crippen LogP contribution in [-0.2, 0) is 4.79 Å². The number of rotatable bonds is 4. The van der Waals surface area contributed by atoms with E-state index in [2.05, 4.69) is 32.2 Å². The highest BCUT2D eigenvalue weighted by Crippen LogP contribution is 2.47. The minimum absolute atomic E-state index is 0.104. The van der Waals surface area contributed by atoms with Crippen LogP contribution >= 0.6 is 0 Å². The topological polar surface area (TPSA) is 66.0 Å². The van der Waals surface area contributed by atoms with Gasteiger partial charge in [0.2, 0.25) is 5.91 Å². The Morgan fingerprint density at radius 3 is 2.37 bits per heavy atom. The van der Waals surface area contributed by atoms with Crippen LogP contribution in [0.3, 0.4) is 0 Å². The molecule has 0 bridgehead atoms. The second kappa shape index (κ2) is 4.49. The Bertz CT molecular complexity index is 422. The number of nitriles is 1. The summed E-state index contributed by atoms with van der Waals surface area (Å²) in [7, 11) is 0. The van der Waals surface area contributed by atoms with Gasteiger partial charge in [-0.1, -0.05) is 13.8 Å². The number of likely N-dealkylation sites (tertiary alicyclic amines) is 1. The van der Waals surface area contributed by atoms with Gasteiger partial charge in [-0.15, -0.1) is 0 Å². The summed E-state index contributed by atoms with van der Waals surface area (Å²) in [5, 5.41) is 12.9. The summed E-state index contributed by atoms with van der Waals surface area (Å²) in [6.45, 7) is 11.2. The van der Waals surface area contributed by atoms with E-state index in [-0.39, 0.29) is 17.4 Å². The predicted molar refractivity (Wildman–Crippen MR) is 74.3 cm³/mol. The molecule has 0 aliphatic carbocycles. The van der Waals surface area contributed by atoms with E-state index in [4.69, 9.17) is 0 Å². The average Bonchev–Trinajstić information content (AvgIpc) is 2.87. The predicted octanol–water partition coefficient (Wildman–Crippen LogP) is 1.91. The first kappa shape index (κ1) is 14.3. The van der Waals surface area contributed by atoms with Gasteiger partial charge in [0.15, 0.2) is 0 Å². The molecule has 3 unspecified atom stereocenters. The van der Waals surface area contributed by atoms with Crippen molar-refractivity contribution in [3.63, 3.8) is 0 Å². The molecule has 1 amide bonds. The summed E-state index contributed by atoms with van der Waals surface area (Å²) in [4.78, 5) is 14.1. The van der Waals surface area contributed by atoms with Crippen molar-refractivity contribution in [2.45, 2.75) is 65.6 Å². The van der Waals surface area contributed by atoms with Gasteiger partial charge in [-0.3, -0.25) is 4.79 Å². The van der Waals surface area contributed by atoms with Crippen LogP contribution in [0, 0.1) is 22.2 Å². The first-order valence-electron chi connectivity index (χ1n) is 7.19. The van der Waals surface area contributed by atoms with Gasteiger partial charge in [-0.05, 0) is 27.2 Å². The second-order valence-corrected chi connectivity index (χ2v) is 7.08. The lowest BCUT2D eigenvalue weighted by Crippen LogP contribution is -2.55. The highest BCUT2D eigenvalue weighted by atomic mass is 16.2. The van der Waals surface area contributed by atoms with Crippen molar-refractivity contribution in [1.82, 2.24) is 10.2 Å². The van der Waals surface area contributed by atoms with Crippen LogP contribution in [0.4, 0.5) is 0 Å². The van der Waals surface area contributed by atoms with E-state index >= 15 is 0 Å². The SMILES string of the molecule is CC1NC1C(N1CCCC1=O)C(C)(C)C(C)(C)C#N. The zero-order valence-corrected chi connectivity index (χ0v) is 12.7. The Labute approximate surface area is 116 Å². The number of hydrogen-bond donors (Lipinski definition) is 1. The maximum atomic E-state index is 12.1. The van der Waals surface area contributed by atoms with Crippen molar-refractivity contribution >= 4 is 5.91 Å². The Kier molecular flexibility index (Phi) is 3.38. The number of nitrogens with zero attached hydrogens (tertiary/aromatic N) is 2. The summed E-state index contributed by atoms with van der Waals surface area (Å²) in [5.74, 6) is 0.243. The minimum atomic E-state index is -0.468. The molecule has 0 radical (unpaired) electrons. The minimum Gasteiger partial charge on any atom is -0.337 e. The fraction of sp³-hybridized carbons (Fsp3) is 0.867. The molecular formula is C15H25N3O. The molecule has 0 spiro atoms. The van der Waals surface area contributed by atoms with E-state index < -0.39 is 5.41 Å². The van der Waals surface area contributed by atoms with Crippen molar-refractivity contribution < 1.29 is 4.79 Å². The van der Waals surface area contributed by atoms with Gasteiger partial charge in [-0.2, -0.15) is 5.26 Å². The maximum absolute atomic E-state index is 12.1. The van der Waals surface area contributed by atoms with Crippen LogP contribution in [-0.4, -0.2) is 35.5 Å². The van der Waals surface area contributed by atoms with Gasteiger partial charge >= 0.3 is 0 Å². The Morgan fingerprint density at radius 2 is 2.00 bits per heavy atom. The monoisotopic (exact) mass is 263 g/mol. The van der Waals surface area contributed by atoms with Crippen LogP contribution in [0.2, 0.25) is 0 Å². The molecule has 2 rings (SSSR count). The molecule has 2 aliphatic rings. The Balaban J connectivity index is 2.33. The molecule has 2 fully saturated rings. The van der Waals surface area contributed by atoms with E-state index in [1.165, 1.54) is 0 Å². The van der Waals surface area contributed by atoms with E-state index in [9.17, 15) is 10.1 Å². The summed E-state index contributed by atoms with van der Waals surface area (Å²) in [5.41, 5.74) is -0.714. The number of amides is 1. The summed E-state index contributed by atoms with van der Waals surface area (Å²) < 4.78 is 0. The van der Waals surface area contributed by atoms with Crippen LogP contribution in [0.5, 0.6) is 0 Å². The van der Waals surface area contributed by atoms with Gasteiger partial charge in [0.1, 0.15) is 0 Å². The first-order valence-corrected chi connectivity index (χ1v) is 7.19. The van der Waals surface area contributed by atoms with Gasteiger partial charge in [0.05, 0.1) is 17.5 Å². The van der Waals surface area contributed by atoms with Crippen molar-refractivity contribution in [2.24, 2.45) is 10.8 Å². The highest BCUT2D eigenvalue weighted by molar-refractivity contribution is 5.78. The van der Waals surface area contributed by atoms with Crippen LogP contribution in [0.1, 0.15) is 47.5 Å². The lowest BCUT2D eigenvalue weighted by atomic mass is 9.63. The number of carbonyl (C=O) groups excluding carboxylic acids is 1. The van der Waals surface area contributed by atoms with E-state index in [0.29, 0.717) is 18.5 Å². The number of nitrogens with one attached hydrogen (secondary N) is 1. The molecule has 4 nitrogen and oxygen atoms in total. The molecule has 0 aromatic carbocycles.